The summed E-state index contributed by atoms with van der Waals surface area (Å²) in [6.45, 7) is 5.72. The summed E-state index contributed by atoms with van der Waals surface area (Å²) in [7, 11) is -3.58. The number of unbranched alkanes of at least 4 members (excludes halogenated alkanes) is 1. The Morgan fingerprint density at radius 1 is 1.12 bits per heavy atom. The number of aromatic nitrogens is 1. The number of benzene rings is 2. The van der Waals surface area contributed by atoms with Crippen molar-refractivity contribution in [2.24, 2.45) is 0 Å². The molecule has 1 aliphatic rings. The smallest absolute Gasteiger partial charge is 0.257 e. The zero-order valence-corrected chi connectivity index (χ0v) is 19.6. The molecule has 0 atom stereocenters. The lowest BCUT2D eigenvalue weighted by atomic mass is 10.2. The summed E-state index contributed by atoms with van der Waals surface area (Å²) < 4.78 is 39.2. The molecule has 8 nitrogen and oxygen atoms in total. The van der Waals surface area contributed by atoms with Gasteiger partial charge in [0.25, 0.3) is 5.91 Å². The largest absolute Gasteiger partial charge is 0.486 e. The fourth-order valence-electron chi connectivity index (χ4n) is 3.40. The van der Waals surface area contributed by atoms with Gasteiger partial charge in [-0.2, -0.15) is 4.31 Å². The normalized spacial score (nSPS) is 13.5. The van der Waals surface area contributed by atoms with Crippen molar-refractivity contribution in [3.8, 4) is 11.5 Å². The lowest BCUT2D eigenvalue weighted by molar-refractivity contribution is 0.102. The van der Waals surface area contributed by atoms with Crippen molar-refractivity contribution in [1.29, 1.82) is 0 Å². The summed E-state index contributed by atoms with van der Waals surface area (Å²) in [4.78, 5) is 17.3. The standard InChI is InChI=1S/C22H25N3O5S2/c1-3-5-10-25(4-2)32(27,28)16-8-6-15(7-9-16)21(26)24-22-23-17-13-18-19(14-20(17)31-22)30-12-11-29-18/h6-9,13-14H,3-5,10-12H2,1-2H3,(H,23,24,26). The fraction of sp³-hybridized carbons (Fsp3) is 0.364. The molecular weight excluding hydrogens is 450 g/mol. The average molecular weight is 476 g/mol. The summed E-state index contributed by atoms with van der Waals surface area (Å²) in [6.07, 6.45) is 1.72. The van der Waals surface area contributed by atoms with E-state index in [-0.39, 0.29) is 10.8 Å². The van der Waals surface area contributed by atoms with Crippen LogP contribution < -0.4 is 14.8 Å². The second-order valence-electron chi connectivity index (χ2n) is 7.31. The fourth-order valence-corrected chi connectivity index (χ4v) is 5.76. The number of hydrogen-bond donors (Lipinski definition) is 1. The Bertz CT molecular complexity index is 1180. The third kappa shape index (κ3) is 4.57. The number of ether oxygens (including phenoxy) is 2. The van der Waals surface area contributed by atoms with Crippen LogP contribution in [0.4, 0.5) is 5.13 Å². The van der Waals surface area contributed by atoms with E-state index >= 15 is 0 Å². The lowest BCUT2D eigenvalue weighted by Crippen LogP contribution is -2.31. The van der Waals surface area contributed by atoms with Crippen molar-refractivity contribution in [2.45, 2.75) is 31.6 Å². The van der Waals surface area contributed by atoms with Gasteiger partial charge in [-0.3, -0.25) is 10.1 Å². The van der Waals surface area contributed by atoms with Crippen LogP contribution >= 0.6 is 11.3 Å². The number of carbonyl (C=O) groups is 1. The third-order valence-electron chi connectivity index (χ3n) is 5.14. The molecule has 4 rings (SSSR count). The number of fused-ring (bicyclic) bond motifs is 2. The molecule has 10 heteroatoms. The van der Waals surface area contributed by atoms with Crippen LogP contribution in [0.5, 0.6) is 11.5 Å². The number of thiazole rings is 1. The molecule has 3 aromatic rings. The number of rotatable bonds is 8. The van der Waals surface area contributed by atoms with Gasteiger partial charge in [0, 0.05) is 30.8 Å². The van der Waals surface area contributed by atoms with E-state index in [1.807, 2.05) is 19.9 Å². The number of carbonyl (C=O) groups excluding carboxylic acids is 1. The van der Waals surface area contributed by atoms with E-state index in [1.54, 1.807) is 6.07 Å². The highest BCUT2D eigenvalue weighted by molar-refractivity contribution is 7.89. The van der Waals surface area contributed by atoms with Crippen molar-refractivity contribution >= 4 is 42.6 Å². The first-order chi connectivity index (χ1) is 15.4. The molecule has 0 spiro atoms. The van der Waals surface area contributed by atoms with Crippen LogP contribution in [0.2, 0.25) is 0 Å². The number of nitrogens with zero attached hydrogens (tertiary/aromatic N) is 2. The number of sulfonamides is 1. The topological polar surface area (TPSA) is 97.8 Å². The van der Waals surface area contributed by atoms with Crippen molar-refractivity contribution in [3.63, 3.8) is 0 Å². The number of hydrogen-bond acceptors (Lipinski definition) is 7. The molecule has 0 saturated heterocycles. The molecule has 2 aromatic carbocycles. The molecule has 0 fully saturated rings. The summed E-state index contributed by atoms with van der Waals surface area (Å²) in [5, 5.41) is 3.23. The molecule has 0 radical (unpaired) electrons. The molecular formula is C22H25N3O5S2. The van der Waals surface area contributed by atoms with Gasteiger partial charge in [-0.25, -0.2) is 13.4 Å². The predicted molar refractivity (Wildman–Crippen MR) is 124 cm³/mol. The van der Waals surface area contributed by atoms with E-state index in [0.29, 0.717) is 54.0 Å². The second kappa shape index (κ2) is 9.43. The predicted octanol–water partition coefficient (Wildman–Crippen LogP) is 4.13. The highest BCUT2D eigenvalue weighted by Crippen LogP contribution is 2.37. The molecule has 1 aromatic heterocycles. The van der Waals surface area contributed by atoms with Crippen LogP contribution in [0.1, 0.15) is 37.0 Å². The molecule has 0 bridgehead atoms. The Kier molecular flexibility index (Phi) is 6.63. The first-order valence-corrected chi connectivity index (χ1v) is 12.8. The van der Waals surface area contributed by atoms with Crippen LogP contribution in [-0.2, 0) is 10.0 Å². The summed E-state index contributed by atoms with van der Waals surface area (Å²) >= 11 is 1.33. The maximum absolute atomic E-state index is 12.8. The lowest BCUT2D eigenvalue weighted by Gasteiger charge is -2.20. The van der Waals surface area contributed by atoms with Crippen molar-refractivity contribution < 1.29 is 22.7 Å². The monoisotopic (exact) mass is 475 g/mol. The van der Waals surface area contributed by atoms with E-state index < -0.39 is 10.0 Å². The summed E-state index contributed by atoms with van der Waals surface area (Å²) in [5.74, 6) is 0.953. The maximum atomic E-state index is 12.8. The van der Waals surface area contributed by atoms with Crippen LogP contribution in [0.15, 0.2) is 41.3 Å². The first kappa shape index (κ1) is 22.5. The minimum atomic E-state index is -3.58. The molecule has 1 aliphatic heterocycles. The van der Waals surface area contributed by atoms with Crippen molar-refractivity contribution in [3.05, 3.63) is 42.0 Å². The van der Waals surface area contributed by atoms with E-state index in [9.17, 15) is 13.2 Å². The van der Waals surface area contributed by atoms with Crippen LogP contribution in [0.25, 0.3) is 10.2 Å². The highest BCUT2D eigenvalue weighted by atomic mass is 32.2. The Hall–Kier alpha value is -2.69. The molecule has 1 N–H and O–H groups in total. The van der Waals surface area contributed by atoms with Gasteiger partial charge in [0.1, 0.15) is 13.2 Å². The summed E-state index contributed by atoms with van der Waals surface area (Å²) in [5.41, 5.74) is 1.06. The molecule has 0 aliphatic carbocycles. The number of nitrogens with one attached hydrogen (secondary N) is 1. The van der Waals surface area contributed by atoms with E-state index in [1.165, 1.54) is 39.9 Å². The molecule has 0 saturated carbocycles. The van der Waals surface area contributed by atoms with Crippen LogP contribution in [0.3, 0.4) is 0 Å². The quantitative estimate of drug-likeness (QED) is 0.526. The van der Waals surface area contributed by atoms with Crippen molar-refractivity contribution in [1.82, 2.24) is 9.29 Å². The molecule has 0 unspecified atom stereocenters. The average Bonchev–Trinajstić information content (AvgIpc) is 3.18. The molecule has 170 valence electrons. The first-order valence-electron chi connectivity index (χ1n) is 10.5. The van der Waals surface area contributed by atoms with Gasteiger partial charge in [-0.1, -0.05) is 31.6 Å². The molecule has 1 amide bonds. The Balaban J connectivity index is 1.49. The minimum Gasteiger partial charge on any atom is -0.486 e. The van der Waals surface area contributed by atoms with Crippen molar-refractivity contribution in [2.75, 3.05) is 31.6 Å². The van der Waals surface area contributed by atoms with Gasteiger partial charge in [0.2, 0.25) is 10.0 Å². The van der Waals surface area contributed by atoms with E-state index in [0.717, 1.165) is 17.5 Å². The molecule has 32 heavy (non-hydrogen) atoms. The number of anilines is 1. The highest BCUT2D eigenvalue weighted by Gasteiger charge is 2.23. The zero-order chi connectivity index (χ0) is 22.7. The van der Waals surface area contributed by atoms with Gasteiger partial charge < -0.3 is 9.47 Å². The molecule has 2 heterocycles. The van der Waals surface area contributed by atoms with Gasteiger partial charge in [0.05, 0.1) is 15.1 Å². The second-order valence-corrected chi connectivity index (χ2v) is 10.3. The minimum absolute atomic E-state index is 0.178. The Labute approximate surface area is 191 Å². The Morgan fingerprint density at radius 3 is 2.47 bits per heavy atom. The summed E-state index contributed by atoms with van der Waals surface area (Å²) in [6, 6.07) is 9.63. The third-order valence-corrected chi connectivity index (χ3v) is 8.06. The van der Waals surface area contributed by atoms with Crippen LogP contribution in [0, 0.1) is 0 Å². The van der Waals surface area contributed by atoms with Crippen LogP contribution in [-0.4, -0.2) is 49.9 Å². The zero-order valence-electron chi connectivity index (χ0n) is 18.0. The maximum Gasteiger partial charge on any atom is 0.257 e. The number of amides is 1. The van der Waals surface area contributed by atoms with E-state index in [4.69, 9.17) is 9.47 Å². The van der Waals surface area contributed by atoms with Gasteiger partial charge in [0.15, 0.2) is 16.6 Å². The van der Waals surface area contributed by atoms with Gasteiger partial charge >= 0.3 is 0 Å². The Morgan fingerprint density at radius 2 is 1.81 bits per heavy atom. The van der Waals surface area contributed by atoms with E-state index in [2.05, 4.69) is 10.3 Å². The van der Waals surface area contributed by atoms with Gasteiger partial charge in [-0.05, 0) is 30.7 Å². The van der Waals surface area contributed by atoms with Gasteiger partial charge in [-0.15, -0.1) is 0 Å². The SMILES string of the molecule is CCCCN(CC)S(=O)(=O)c1ccc(C(=O)Nc2nc3cc4c(cc3s2)OCCO4)cc1.